The zero-order valence-electron chi connectivity index (χ0n) is 20.8. The van der Waals surface area contributed by atoms with E-state index in [0.29, 0.717) is 67.9 Å². The first-order chi connectivity index (χ1) is 17.7. The molecule has 0 spiro atoms. The Morgan fingerprint density at radius 1 is 1.05 bits per heavy atom. The minimum absolute atomic E-state index is 0.0305. The summed E-state index contributed by atoms with van der Waals surface area (Å²) in [6.07, 6.45) is 2.70. The van der Waals surface area contributed by atoms with E-state index in [9.17, 15) is 29.0 Å². The third-order valence-corrected chi connectivity index (χ3v) is 7.43. The maximum Gasteiger partial charge on any atom is 0.310 e. The van der Waals surface area contributed by atoms with Crippen molar-refractivity contribution in [2.24, 2.45) is 5.92 Å². The summed E-state index contributed by atoms with van der Waals surface area (Å²) in [6.45, 7) is 3.80. The molecule has 3 aromatic rings. The fourth-order valence-electron chi connectivity index (χ4n) is 4.40. The standard InChI is InChI=1S/C25H28F5N3O4S/c1-3-37-24-20(23(34)5-4-12-36-2)10-11-22-21(24)16-33(31-22)15-17-13-32(14-17)25(35)18-6-8-19(9-7-18)38(26,27,28,29)30/h6-11,16-17H,3-5,12-15H2,1-2H3. The number of ketones is 1. The lowest BCUT2D eigenvalue weighted by molar-refractivity contribution is 0.0461. The topological polar surface area (TPSA) is 73.7 Å². The van der Waals surface area contributed by atoms with Crippen LogP contribution in [-0.2, 0) is 11.3 Å². The second-order valence-electron chi connectivity index (χ2n) is 9.25. The van der Waals surface area contributed by atoms with Crippen LogP contribution in [0.1, 0.15) is 40.5 Å². The average Bonchev–Trinajstić information content (AvgIpc) is 3.23. The van der Waals surface area contributed by atoms with Crippen molar-refractivity contribution in [1.82, 2.24) is 14.7 Å². The molecular weight excluding hydrogens is 533 g/mol. The van der Waals surface area contributed by atoms with Gasteiger partial charge >= 0.3 is 10.2 Å². The number of methoxy groups -OCH3 is 1. The van der Waals surface area contributed by atoms with E-state index in [-0.39, 0.29) is 29.4 Å². The summed E-state index contributed by atoms with van der Waals surface area (Å²) < 4.78 is 77.1. The summed E-state index contributed by atoms with van der Waals surface area (Å²) in [6, 6.07) is 5.48. The molecule has 0 N–H and O–H groups in total. The van der Waals surface area contributed by atoms with Crippen LogP contribution in [0, 0.1) is 5.92 Å². The molecule has 0 aliphatic carbocycles. The number of aromatic nitrogens is 2. The first-order valence-corrected chi connectivity index (χ1v) is 13.9. The van der Waals surface area contributed by atoms with Gasteiger partial charge < -0.3 is 14.4 Å². The molecule has 1 aromatic heterocycles. The quantitative estimate of drug-likeness (QED) is 0.152. The molecule has 2 heterocycles. The Bertz CT molecular complexity index is 1350. The zero-order chi connectivity index (χ0) is 27.8. The van der Waals surface area contributed by atoms with Crippen LogP contribution >= 0.6 is 10.2 Å². The Morgan fingerprint density at radius 3 is 2.34 bits per heavy atom. The van der Waals surface area contributed by atoms with Gasteiger partial charge in [-0.1, -0.05) is 19.4 Å². The van der Waals surface area contributed by atoms with E-state index >= 15 is 0 Å². The van der Waals surface area contributed by atoms with Crippen LogP contribution in [-0.4, -0.2) is 59.8 Å². The number of ether oxygens (including phenoxy) is 2. The summed E-state index contributed by atoms with van der Waals surface area (Å²) in [7, 11) is -8.21. The third kappa shape index (κ3) is 6.09. The molecule has 2 aromatic carbocycles. The van der Waals surface area contributed by atoms with Gasteiger partial charge in [-0.25, -0.2) is 0 Å². The van der Waals surface area contributed by atoms with Gasteiger partial charge in [0.05, 0.1) is 23.1 Å². The molecule has 0 saturated carbocycles. The van der Waals surface area contributed by atoms with Crippen LogP contribution in [0.15, 0.2) is 47.5 Å². The first-order valence-electron chi connectivity index (χ1n) is 12.0. The molecule has 0 bridgehead atoms. The maximum absolute atomic E-state index is 12.9. The number of rotatable bonds is 11. The highest BCUT2D eigenvalue weighted by molar-refractivity contribution is 8.45. The molecule has 208 valence electrons. The molecule has 38 heavy (non-hydrogen) atoms. The Kier molecular flexibility index (Phi) is 6.98. The lowest BCUT2D eigenvalue weighted by Gasteiger charge is -2.41. The highest BCUT2D eigenvalue weighted by Gasteiger charge is 2.65. The van der Waals surface area contributed by atoms with E-state index in [2.05, 4.69) is 5.10 Å². The lowest BCUT2D eigenvalue weighted by Crippen LogP contribution is -2.51. The second kappa shape index (κ2) is 9.53. The SMILES string of the molecule is CCOc1c(C(=O)CCCOC)ccc2nn(CC3CN(C(=O)c4ccc(S(F)(F)(F)(F)F)cc4)C3)cc12. The van der Waals surface area contributed by atoms with Crippen molar-refractivity contribution < 1.29 is 38.5 Å². The number of Topliss-reactive ketones (excluding diaryl/α,β-unsaturated/α-hetero) is 1. The van der Waals surface area contributed by atoms with Gasteiger partial charge in [-0.05, 0) is 49.7 Å². The minimum atomic E-state index is -9.79. The fourth-order valence-corrected chi connectivity index (χ4v) is 5.05. The Balaban J connectivity index is 1.42. The molecule has 0 unspecified atom stereocenters. The molecule has 1 amide bonds. The number of likely N-dealkylation sites (tertiary alicyclic amines) is 1. The van der Waals surface area contributed by atoms with Gasteiger partial charge in [0.1, 0.15) is 10.6 Å². The minimum Gasteiger partial charge on any atom is -0.492 e. The highest BCUT2D eigenvalue weighted by Crippen LogP contribution is 3.02. The van der Waals surface area contributed by atoms with Gasteiger partial charge in [-0.15, -0.1) is 0 Å². The number of benzene rings is 2. The number of carbonyl (C=O) groups is 2. The van der Waals surface area contributed by atoms with Crippen LogP contribution in [0.4, 0.5) is 19.4 Å². The van der Waals surface area contributed by atoms with E-state index in [4.69, 9.17) is 9.47 Å². The van der Waals surface area contributed by atoms with Crippen LogP contribution in [0.25, 0.3) is 10.9 Å². The summed E-state index contributed by atoms with van der Waals surface area (Å²) in [5, 5.41) is 5.25. The van der Waals surface area contributed by atoms with E-state index < -0.39 is 21.0 Å². The second-order valence-corrected chi connectivity index (χ2v) is 11.7. The molecule has 0 atom stereocenters. The smallest absolute Gasteiger partial charge is 0.310 e. The number of fused-ring (bicyclic) bond motifs is 1. The van der Waals surface area contributed by atoms with Crippen molar-refractivity contribution in [2.75, 3.05) is 33.4 Å². The zero-order valence-corrected chi connectivity index (χ0v) is 21.7. The summed E-state index contributed by atoms with van der Waals surface area (Å²) in [5.41, 5.74) is 1.03. The number of halogens is 5. The Hall–Kier alpha value is -3.19. The number of amides is 1. The van der Waals surface area contributed by atoms with Gasteiger partial charge in [0.25, 0.3) is 5.91 Å². The van der Waals surface area contributed by atoms with Crippen molar-refractivity contribution in [3.8, 4) is 5.75 Å². The monoisotopic (exact) mass is 561 g/mol. The molecule has 1 aliphatic heterocycles. The summed E-state index contributed by atoms with van der Waals surface area (Å²) in [4.78, 5) is 24.7. The fraction of sp³-hybridized carbons (Fsp3) is 0.400. The molecule has 4 rings (SSSR count). The van der Waals surface area contributed by atoms with E-state index in [1.807, 2.05) is 6.92 Å². The van der Waals surface area contributed by atoms with Crippen molar-refractivity contribution >= 4 is 32.8 Å². The molecule has 1 fully saturated rings. The number of carbonyl (C=O) groups excluding carboxylic acids is 2. The van der Waals surface area contributed by atoms with Crippen LogP contribution in [0.3, 0.4) is 0 Å². The molecular formula is C25H28F5N3O4S. The molecule has 0 radical (unpaired) electrons. The predicted molar refractivity (Wildman–Crippen MR) is 134 cm³/mol. The highest BCUT2D eigenvalue weighted by atomic mass is 32.5. The van der Waals surface area contributed by atoms with Crippen molar-refractivity contribution in [2.45, 2.75) is 31.2 Å². The number of hydrogen-bond acceptors (Lipinski definition) is 5. The van der Waals surface area contributed by atoms with E-state index in [0.717, 1.165) is 12.1 Å². The first kappa shape index (κ1) is 27.8. The van der Waals surface area contributed by atoms with Gasteiger partial charge in [-0.2, -0.15) is 5.10 Å². The Labute approximate surface area is 216 Å². The van der Waals surface area contributed by atoms with E-state index in [1.54, 1.807) is 30.1 Å². The van der Waals surface area contributed by atoms with E-state index in [1.165, 1.54) is 4.90 Å². The summed E-state index contributed by atoms with van der Waals surface area (Å²) >= 11 is 0. The van der Waals surface area contributed by atoms with Gasteiger partial charge in [-0.3, -0.25) is 14.3 Å². The third-order valence-electron chi connectivity index (χ3n) is 6.27. The lowest BCUT2D eigenvalue weighted by atomic mass is 9.99. The number of nitrogens with zero attached hydrogens (tertiary/aromatic N) is 3. The van der Waals surface area contributed by atoms with Crippen molar-refractivity contribution in [3.63, 3.8) is 0 Å². The molecule has 7 nitrogen and oxygen atoms in total. The predicted octanol–water partition coefficient (Wildman–Crippen LogP) is 6.47. The Morgan fingerprint density at radius 2 is 1.74 bits per heavy atom. The molecule has 1 saturated heterocycles. The van der Waals surface area contributed by atoms with Crippen molar-refractivity contribution in [3.05, 3.63) is 53.7 Å². The maximum atomic E-state index is 12.9. The largest absolute Gasteiger partial charge is 0.492 e. The van der Waals surface area contributed by atoms with Crippen LogP contribution < -0.4 is 4.74 Å². The van der Waals surface area contributed by atoms with Crippen molar-refractivity contribution in [1.29, 1.82) is 0 Å². The van der Waals surface area contributed by atoms with Gasteiger partial charge in [0.15, 0.2) is 5.78 Å². The molecule has 1 aliphatic rings. The van der Waals surface area contributed by atoms with Gasteiger partial charge in [0.2, 0.25) is 0 Å². The average molecular weight is 562 g/mol. The molecule has 13 heteroatoms. The van der Waals surface area contributed by atoms with Gasteiger partial charge in [0, 0.05) is 57.4 Å². The normalized spacial score (nSPS) is 16.1. The van der Waals surface area contributed by atoms with Crippen LogP contribution in [0.5, 0.6) is 5.75 Å². The number of hydrogen-bond donors (Lipinski definition) is 0. The summed E-state index contributed by atoms with van der Waals surface area (Å²) in [5.74, 6) is -0.0835. The van der Waals surface area contributed by atoms with Crippen LogP contribution in [0.2, 0.25) is 0 Å².